The van der Waals surface area contributed by atoms with Gasteiger partial charge in [-0.05, 0) is 54.5 Å². The smallest absolute Gasteiger partial charge is 0.244 e. The molecule has 38 heavy (non-hydrogen) atoms. The number of nitrogens with zero attached hydrogens (tertiary/aromatic N) is 2. The van der Waals surface area contributed by atoms with Gasteiger partial charge in [0, 0.05) is 12.6 Å². The van der Waals surface area contributed by atoms with Crippen molar-refractivity contribution in [3.63, 3.8) is 0 Å². The number of carbonyl (C=O) groups excluding carboxylic acids is 2. The van der Waals surface area contributed by atoms with Crippen molar-refractivity contribution in [2.24, 2.45) is 0 Å². The minimum Gasteiger partial charge on any atom is -0.497 e. The van der Waals surface area contributed by atoms with Crippen molar-refractivity contribution in [1.29, 1.82) is 0 Å². The highest BCUT2D eigenvalue weighted by Crippen LogP contribution is 2.29. The number of amides is 2. The topological polar surface area (TPSA) is 96.0 Å². The Morgan fingerprint density at radius 2 is 1.68 bits per heavy atom. The molecule has 1 atom stereocenters. The lowest BCUT2D eigenvalue weighted by Gasteiger charge is -2.34. The van der Waals surface area contributed by atoms with Gasteiger partial charge in [0.15, 0.2) is 0 Å². The Kier molecular flexibility index (Phi) is 10.2. The lowest BCUT2D eigenvalue weighted by molar-refractivity contribution is -0.140. The van der Waals surface area contributed by atoms with E-state index in [0.29, 0.717) is 17.9 Å². The molecular weight excluding hydrogens is 502 g/mol. The van der Waals surface area contributed by atoms with E-state index in [2.05, 4.69) is 5.32 Å². The van der Waals surface area contributed by atoms with Crippen LogP contribution < -0.4 is 14.4 Å². The number of ether oxygens (including phenoxy) is 1. The van der Waals surface area contributed by atoms with Gasteiger partial charge in [-0.15, -0.1) is 0 Å². The molecule has 8 nitrogen and oxygen atoms in total. The Morgan fingerprint density at radius 3 is 2.24 bits per heavy atom. The first-order chi connectivity index (χ1) is 18.0. The number of hydrogen-bond acceptors (Lipinski definition) is 5. The normalized spacial score (nSPS) is 14.8. The van der Waals surface area contributed by atoms with Crippen molar-refractivity contribution in [3.05, 3.63) is 59.7 Å². The number of benzene rings is 2. The highest BCUT2D eigenvalue weighted by atomic mass is 32.2. The molecule has 0 aliphatic heterocycles. The zero-order valence-corrected chi connectivity index (χ0v) is 24.0. The van der Waals surface area contributed by atoms with Crippen molar-refractivity contribution in [1.82, 2.24) is 10.2 Å². The first-order valence-electron chi connectivity index (χ1n) is 13.3. The molecule has 2 aromatic rings. The van der Waals surface area contributed by atoms with Crippen molar-refractivity contribution in [3.8, 4) is 5.75 Å². The number of rotatable bonds is 12. The zero-order chi connectivity index (χ0) is 27.9. The number of carbonyl (C=O) groups is 2. The summed E-state index contributed by atoms with van der Waals surface area (Å²) in [5, 5.41) is 3.12. The second-order valence-electron chi connectivity index (χ2n) is 10.3. The standard InChI is InChI=1S/C29H41N3O5S/c1-6-26(29(34)30-23-11-7-8-12-23)31(19-22-15-17-24(37-4)18-16-22)28(33)20-32(38(5,35)36)27-14-10-9-13-25(27)21(2)3/h9-10,13-18,21,23,26H,6-8,11-12,19-20H2,1-5H3,(H,30,34)/t26-/m0/s1. The van der Waals surface area contributed by atoms with Gasteiger partial charge in [-0.25, -0.2) is 8.42 Å². The molecule has 1 aliphatic rings. The Balaban J connectivity index is 1.96. The van der Waals surface area contributed by atoms with Crippen LogP contribution in [0.3, 0.4) is 0 Å². The molecule has 0 bridgehead atoms. The third kappa shape index (κ3) is 7.49. The molecule has 0 heterocycles. The third-order valence-corrected chi connectivity index (χ3v) is 8.23. The molecule has 2 aromatic carbocycles. The number of sulfonamides is 1. The molecule has 0 saturated heterocycles. The van der Waals surface area contributed by atoms with Crippen molar-refractivity contribution >= 4 is 27.5 Å². The second-order valence-corrected chi connectivity index (χ2v) is 12.2. The molecule has 9 heteroatoms. The zero-order valence-electron chi connectivity index (χ0n) is 23.1. The van der Waals surface area contributed by atoms with E-state index in [1.165, 1.54) is 4.90 Å². The lowest BCUT2D eigenvalue weighted by Crippen LogP contribution is -2.53. The van der Waals surface area contributed by atoms with Crippen LogP contribution >= 0.6 is 0 Å². The van der Waals surface area contributed by atoms with Gasteiger partial charge in [0.1, 0.15) is 18.3 Å². The Bertz CT molecular complexity index is 1190. The lowest BCUT2D eigenvalue weighted by atomic mass is 10.0. The molecule has 0 unspecified atom stereocenters. The van der Waals surface area contributed by atoms with E-state index in [4.69, 9.17) is 4.74 Å². The fourth-order valence-electron chi connectivity index (χ4n) is 5.01. The SMILES string of the molecule is CC[C@@H](C(=O)NC1CCCC1)N(Cc1ccc(OC)cc1)C(=O)CN(c1ccccc1C(C)C)S(C)(=O)=O. The molecule has 1 N–H and O–H groups in total. The van der Waals surface area contributed by atoms with Crippen molar-refractivity contribution < 1.29 is 22.7 Å². The molecule has 0 aromatic heterocycles. The molecule has 3 rings (SSSR count). The van der Waals surface area contributed by atoms with Crippen LogP contribution in [-0.2, 0) is 26.2 Å². The number of hydrogen-bond donors (Lipinski definition) is 1. The van der Waals surface area contributed by atoms with Gasteiger partial charge in [-0.2, -0.15) is 0 Å². The summed E-state index contributed by atoms with van der Waals surface area (Å²) in [6.45, 7) is 5.61. The van der Waals surface area contributed by atoms with Crippen LogP contribution in [0.5, 0.6) is 5.75 Å². The van der Waals surface area contributed by atoms with Gasteiger partial charge in [-0.3, -0.25) is 13.9 Å². The van der Waals surface area contributed by atoms with E-state index in [-0.39, 0.29) is 24.4 Å². The van der Waals surface area contributed by atoms with Crippen LogP contribution in [-0.4, -0.2) is 57.1 Å². The first-order valence-corrected chi connectivity index (χ1v) is 15.2. The highest BCUT2D eigenvalue weighted by Gasteiger charge is 2.33. The monoisotopic (exact) mass is 543 g/mol. The van der Waals surface area contributed by atoms with E-state index in [0.717, 1.165) is 47.4 Å². The Morgan fingerprint density at radius 1 is 1.05 bits per heavy atom. The third-order valence-electron chi connectivity index (χ3n) is 7.11. The fraction of sp³-hybridized carbons (Fsp3) is 0.517. The maximum atomic E-state index is 13.9. The summed E-state index contributed by atoms with van der Waals surface area (Å²) in [5.74, 6) is 0.112. The summed E-state index contributed by atoms with van der Waals surface area (Å²) >= 11 is 0. The summed E-state index contributed by atoms with van der Waals surface area (Å²) in [6, 6.07) is 13.9. The molecule has 2 amide bonds. The van der Waals surface area contributed by atoms with Crippen LogP contribution in [0, 0.1) is 0 Å². The minimum atomic E-state index is -3.79. The summed E-state index contributed by atoms with van der Waals surface area (Å²) in [4.78, 5) is 28.9. The largest absolute Gasteiger partial charge is 0.497 e. The van der Waals surface area contributed by atoms with Crippen molar-refractivity contribution in [2.75, 3.05) is 24.2 Å². The average Bonchev–Trinajstić information content (AvgIpc) is 3.39. The van der Waals surface area contributed by atoms with Gasteiger partial charge in [0.05, 0.1) is 19.1 Å². The molecule has 1 saturated carbocycles. The van der Waals surface area contributed by atoms with Gasteiger partial charge in [0.2, 0.25) is 21.8 Å². The number of anilines is 1. The number of nitrogens with one attached hydrogen (secondary N) is 1. The molecule has 1 aliphatic carbocycles. The van der Waals surface area contributed by atoms with Gasteiger partial charge in [0.25, 0.3) is 0 Å². The quantitative estimate of drug-likeness (QED) is 0.427. The van der Waals surface area contributed by atoms with Crippen LogP contribution in [0.2, 0.25) is 0 Å². The fourth-order valence-corrected chi connectivity index (χ4v) is 5.88. The summed E-state index contributed by atoms with van der Waals surface area (Å²) in [6.07, 6.45) is 5.53. The van der Waals surface area contributed by atoms with Gasteiger partial charge in [-0.1, -0.05) is 63.9 Å². The molecule has 0 spiro atoms. The maximum absolute atomic E-state index is 13.9. The van der Waals surface area contributed by atoms with E-state index >= 15 is 0 Å². The summed E-state index contributed by atoms with van der Waals surface area (Å²) < 4.78 is 32.3. The first kappa shape index (κ1) is 29.5. The number of methoxy groups -OCH3 is 1. The number of para-hydroxylation sites is 1. The predicted molar refractivity (Wildman–Crippen MR) is 151 cm³/mol. The van der Waals surface area contributed by atoms with E-state index in [9.17, 15) is 18.0 Å². The Hall–Kier alpha value is -3.07. The van der Waals surface area contributed by atoms with Gasteiger partial charge < -0.3 is 15.0 Å². The van der Waals surface area contributed by atoms with E-state index in [1.54, 1.807) is 31.4 Å². The molecule has 0 radical (unpaired) electrons. The average molecular weight is 544 g/mol. The van der Waals surface area contributed by atoms with Crippen LogP contribution in [0.25, 0.3) is 0 Å². The molecule has 1 fully saturated rings. The molecule has 208 valence electrons. The predicted octanol–water partition coefficient (Wildman–Crippen LogP) is 4.45. The van der Waals surface area contributed by atoms with E-state index < -0.39 is 28.5 Å². The van der Waals surface area contributed by atoms with Crippen LogP contribution in [0.1, 0.15) is 69.9 Å². The maximum Gasteiger partial charge on any atom is 0.244 e. The Labute approximate surface area is 227 Å². The molecular formula is C29H41N3O5S. The van der Waals surface area contributed by atoms with E-state index in [1.807, 2.05) is 45.0 Å². The van der Waals surface area contributed by atoms with Crippen LogP contribution in [0.15, 0.2) is 48.5 Å². The second kappa shape index (κ2) is 13.1. The highest BCUT2D eigenvalue weighted by molar-refractivity contribution is 7.92. The summed E-state index contributed by atoms with van der Waals surface area (Å²) in [7, 11) is -2.20. The van der Waals surface area contributed by atoms with Gasteiger partial charge >= 0.3 is 0 Å². The summed E-state index contributed by atoms with van der Waals surface area (Å²) in [5.41, 5.74) is 2.13. The van der Waals surface area contributed by atoms with Crippen LogP contribution in [0.4, 0.5) is 5.69 Å². The minimum absolute atomic E-state index is 0.0570. The van der Waals surface area contributed by atoms with Crippen molar-refractivity contribution in [2.45, 2.75) is 77.4 Å².